The highest BCUT2D eigenvalue weighted by Crippen LogP contribution is 2.16. The molecule has 1 aromatic carbocycles. The molecule has 4 rings (SSSR count). The Morgan fingerprint density at radius 1 is 1.19 bits per heavy atom. The van der Waals surface area contributed by atoms with Crippen molar-refractivity contribution < 1.29 is 4.79 Å². The summed E-state index contributed by atoms with van der Waals surface area (Å²) in [6.45, 7) is 2.77. The van der Waals surface area contributed by atoms with Crippen LogP contribution >= 0.6 is 11.6 Å². The number of benzene rings is 1. The lowest BCUT2D eigenvalue weighted by atomic mass is 10.2. The first kappa shape index (κ1) is 17.2. The summed E-state index contributed by atoms with van der Waals surface area (Å²) in [6.07, 6.45) is 5.43. The summed E-state index contributed by atoms with van der Waals surface area (Å²) in [5.41, 5.74) is 3.91. The van der Waals surface area contributed by atoms with E-state index in [1.165, 1.54) is 0 Å². The zero-order valence-electron chi connectivity index (χ0n) is 14.6. The lowest BCUT2D eigenvalue weighted by Gasteiger charge is -2.02. The Balaban J connectivity index is 1.42. The third kappa shape index (κ3) is 3.68. The van der Waals surface area contributed by atoms with Crippen LogP contribution in [0.4, 0.5) is 0 Å². The molecule has 0 atom stereocenters. The van der Waals surface area contributed by atoms with Crippen molar-refractivity contribution in [1.82, 2.24) is 29.7 Å². The Hall–Kier alpha value is -3.19. The summed E-state index contributed by atoms with van der Waals surface area (Å²) in [5.74, 6) is -0.297. The van der Waals surface area contributed by atoms with E-state index in [4.69, 9.17) is 11.6 Å². The monoisotopic (exact) mass is 380 g/mol. The quantitative estimate of drug-likeness (QED) is 0.577. The highest BCUT2D eigenvalue weighted by Gasteiger charge is 2.12. The average Bonchev–Trinajstić information content (AvgIpc) is 3.29. The van der Waals surface area contributed by atoms with Crippen LogP contribution in [-0.2, 0) is 13.1 Å². The van der Waals surface area contributed by atoms with Crippen molar-refractivity contribution in [2.45, 2.75) is 20.0 Å². The zero-order chi connectivity index (χ0) is 18.8. The second kappa shape index (κ2) is 7.20. The molecule has 8 heteroatoms. The van der Waals surface area contributed by atoms with Crippen LogP contribution < -0.4 is 5.32 Å². The van der Waals surface area contributed by atoms with Crippen molar-refractivity contribution in [2.75, 3.05) is 0 Å². The number of carbonyl (C=O) groups excluding carboxylic acids is 1. The van der Waals surface area contributed by atoms with Crippen molar-refractivity contribution in [3.05, 3.63) is 82.5 Å². The number of imidazole rings is 1. The molecule has 0 radical (unpaired) electrons. The lowest BCUT2D eigenvalue weighted by molar-refractivity contribution is 0.0945. The number of nitrogens with zero attached hydrogens (tertiary/aromatic N) is 5. The smallest absolute Gasteiger partial charge is 0.273 e. The largest absolute Gasteiger partial charge is 0.345 e. The van der Waals surface area contributed by atoms with Crippen molar-refractivity contribution in [3.8, 4) is 0 Å². The number of hydrogen-bond acceptors (Lipinski definition) is 4. The first-order chi connectivity index (χ1) is 13.1. The van der Waals surface area contributed by atoms with Crippen molar-refractivity contribution in [3.63, 3.8) is 0 Å². The van der Waals surface area contributed by atoms with E-state index >= 15 is 0 Å². The maximum atomic E-state index is 12.3. The van der Waals surface area contributed by atoms with Gasteiger partial charge in [0.15, 0.2) is 5.69 Å². The molecule has 3 heterocycles. The van der Waals surface area contributed by atoms with E-state index in [-0.39, 0.29) is 11.6 Å². The van der Waals surface area contributed by atoms with Crippen LogP contribution in [0.15, 0.2) is 55.0 Å². The van der Waals surface area contributed by atoms with Crippen LogP contribution in [0.2, 0.25) is 5.02 Å². The molecular formula is C19H17ClN6O. The molecule has 0 aliphatic heterocycles. The van der Waals surface area contributed by atoms with E-state index in [0.717, 1.165) is 22.5 Å². The Morgan fingerprint density at radius 3 is 2.85 bits per heavy atom. The fraction of sp³-hybridized carbons (Fsp3) is 0.158. The van der Waals surface area contributed by atoms with Gasteiger partial charge in [-0.25, -0.2) is 9.67 Å². The van der Waals surface area contributed by atoms with E-state index in [1.54, 1.807) is 10.9 Å². The summed E-state index contributed by atoms with van der Waals surface area (Å²) in [5, 5.41) is 11.4. The molecule has 0 spiro atoms. The fourth-order valence-corrected chi connectivity index (χ4v) is 3.03. The highest BCUT2D eigenvalue weighted by atomic mass is 35.5. The first-order valence-corrected chi connectivity index (χ1v) is 8.83. The third-order valence-corrected chi connectivity index (χ3v) is 4.59. The van der Waals surface area contributed by atoms with Gasteiger partial charge < -0.3 is 9.72 Å². The number of hydrogen-bond donors (Lipinski definition) is 1. The fourth-order valence-electron chi connectivity index (χ4n) is 2.83. The molecule has 0 unspecified atom stereocenters. The van der Waals surface area contributed by atoms with Crippen LogP contribution in [0, 0.1) is 6.92 Å². The summed E-state index contributed by atoms with van der Waals surface area (Å²) < 4.78 is 3.53. The molecule has 1 N–H and O–H groups in total. The number of fused-ring (bicyclic) bond motifs is 1. The van der Waals surface area contributed by atoms with Gasteiger partial charge in [-0.05, 0) is 30.2 Å². The van der Waals surface area contributed by atoms with E-state index in [2.05, 4.69) is 20.6 Å². The molecule has 0 aliphatic carbocycles. The Labute approximate surface area is 160 Å². The summed E-state index contributed by atoms with van der Waals surface area (Å²) in [6, 6.07) is 11.5. The van der Waals surface area contributed by atoms with E-state index in [1.807, 2.05) is 60.1 Å². The number of halogens is 1. The molecule has 3 aromatic heterocycles. The topological polar surface area (TPSA) is 77.1 Å². The number of rotatable bonds is 5. The summed E-state index contributed by atoms with van der Waals surface area (Å²) >= 11 is 6.16. The normalized spacial score (nSPS) is 11.0. The van der Waals surface area contributed by atoms with Crippen molar-refractivity contribution in [2.24, 2.45) is 0 Å². The van der Waals surface area contributed by atoms with Gasteiger partial charge in [0.2, 0.25) is 0 Å². The van der Waals surface area contributed by atoms with Gasteiger partial charge in [-0.2, -0.15) is 0 Å². The zero-order valence-corrected chi connectivity index (χ0v) is 15.4. The van der Waals surface area contributed by atoms with Crippen LogP contribution in [-0.4, -0.2) is 30.3 Å². The number of amides is 1. The van der Waals surface area contributed by atoms with Gasteiger partial charge in [-0.15, -0.1) is 5.10 Å². The Morgan fingerprint density at radius 2 is 2.04 bits per heavy atom. The minimum atomic E-state index is -0.297. The van der Waals surface area contributed by atoms with Crippen LogP contribution in [0.1, 0.15) is 27.3 Å². The molecule has 27 heavy (non-hydrogen) atoms. The third-order valence-electron chi connectivity index (χ3n) is 4.22. The molecule has 136 valence electrons. The minimum absolute atomic E-state index is 0.252. The molecule has 1 amide bonds. The molecule has 7 nitrogen and oxygen atoms in total. The van der Waals surface area contributed by atoms with Crippen molar-refractivity contribution >= 4 is 23.2 Å². The summed E-state index contributed by atoms with van der Waals surface area (Å²) in [7, 11) is 0. The molecular weight excluding hydrogens is 364 g/mol. The number of nitrogens with one attached hydrogen (secondary N) is 1. The maximum absolute atomic E-state index is 12.3. The maximum Gasteiger partial charge on any atom is 0.273 e. The van der Waals surface area contributed by atoms with Gasteiger partial charge >= 0.3 is 0 Å². The van der Waals surface area contributed by atoms with E-state index < -0.39 is 0 Å². The van der Waals surface area contributed by atoms with Gasteiger partial charge in [0.25, 0.3) is 5.91 Å². The number of pyridine rings is 1. The highest BCUT2D eigenvalue weighted by molar-refractivity contribution is 6.31. The van der Waals surface area contributed by atoms with Gasteiger partial charge in [0.1, 0.15) is 5.65 Å². The number of aryl methyl sites for hydroxylation is 1. The Bertz CT molecular complexity index is 1120. The predicted molar refractivity (Wildman–Crippen MR) is 102 cm³/mol. The van der Waals surface area contributed by atoms with E-state index in [9.17, 15) is 4.79 Å². The van der Waals surface area contributed by atoms with Gasteiger partial charge in [-0.3, -0.25) is 4.79 Å². The first-order valence-electron chi connectivity index (χ1n) is 8.45. The lowest BCUT2D eigenvalue weighted by Crippen LogP contribution is -2.23. The molecule has 0 saturated carbocycles. The van der Waals surface area contributed by atoms with E-state index in [0.29, 0.717) is 18.1 Å². The molecule has 0 aliphatic rings. The van der Waals surface area contributed by atoms with Gasteiger partial charge in [-0.1, -0.05) is 41.1 Å². The second-order valence-electron chi connectivity index (χ2n) is 6.23. The standard InChI is InChI=1S/C19H17ClN6O/c1-13-5-4-8-25-11-15(22-18(13)25)9-21-19(27)17-12-26(24-23-17)10-14-6-2-3-7-16(14)20/h2-8,11-12H,9-10H2,1H3,(H,21,27). The Kier molecular flexibility index (Phi) is 4.60. The van der Waals surface area contributed by atoms with Gasteiger partial charge in [0, 0.05) is 17.4 Å². The summed E-state index contributed by atoms with van der Waals surface area (Å²) in [4.78, 5) is 16.9. The SMILES string of the molecule is Cc1cccn2cc(CNC(=O)c3cn(Cc4ccccc4Cl)nn3)nc12. The number of carbonyl (C=O) groups is 1. The van der Waals surface area contributed by atoms with Crippen LogP contribution in [0.3, 0.4) is 0 Å². The number of aromatic nitrogens is 5. The molecule has 0 bridgehead atoms. The minimum Gasteiger partial charge on any atom is -0.345 e. The van der Waals surface area contributed by atoms with Crippen LogP contribution in [0.5, 0.6) is 0 Å². The van der Waals surface area contributed by atoms with Gasteiger partial charge in [0.05, 0.1) is 25.0 Å². The molecule has 0 fully saturated rings. The second-order valence-corrected chi connectivity index (χ2v) is 6.64. The predicted octanol–water partition coefficient (Wildman–Crippen LogP) is 2.87. The van der Waals surface area contributed by atoms with Crippen molar-refractivity contribution in [1.29, 1.82) is 0 Å². The van der Waals surface area contributed by atoms with Crippen LogP contribution in [0.25, 0.3) is 5.65 Å². The molecule has 4 aromatic rings. The molecule has 0 saturated heterocycles. The average molecular weight is 381 g/mol.